The molecule has 5 rings (SSSR count). The number of anilines is 2. The summed E-state index contributed by atoms with van der Waals surface area (Å²) in [7, 11) is 3.51. The topological polar surface area (TPSA) is 74.7 Å². The smallest absolute Gasteiger partial charge is 0.253 e. The Morgan fingerprint density at radius 1 is 1.12 bits per heavy atom. The molecular formula is C26H29N3O3S. The zero-order chi connectivity index (χ0) is 22.9. The standard InChI is InChI=1S/C26H29N3O3S/c1-29(2)25(31)17-14-12-16(13-15-17)19-8-4-9-20(24(19)32-18-6-3-7-18)27-26-28-23-21(30)10-5-11-22(23)33-26/h4,8-9,12-15,18,21,30H,3,5-7,10-11H2,1-2H3,(H,27,28). The van der Waals surface area contributed by atoms with Gasteiger partial charge in [-0.1, -0.05) is 24.3 Å². The van der Waals surface area contributed by atoms with Crippen LogP contribution in [0.5, 0.6) is 5.75 Å². The van der Waals surface area contributed by atoms with Gasteiger partial charge in [0.1, 0.15) is 0 Å². The van der Waals surface area contributed by atoms with Crippen LogP contribution in [0.4, 0.5) is 10.8 Å². The number of nitrogens with one attached hydrogen (secondary N) is 1. The van der Waals surface area contributed by atoms with E-state index in [1.807, 2.05) is 36.4 Å². The first-order chi connectivity index (χ1) is 16.0. The number of aliphatic hydroxyl groups is 1. The largest absolute Gasteiger partial charge is 0.488 e. The number of carbonyl (C=O) groups excluding carboxylic acids is 1. The molecule has 33 heavy (non-hydrogen) atoms. The average Bonchev–Trinajstić information content (AvgIpc) is 3.20. The van der Waals surface area contributed by atoms with E-state index in [2.05, 4.69) is 11.4 Å². The van der Waals surface area contributed by atoms with Crippen LogP contribution in [-0.2, 0) is 6.42 Å². The van der Waals surface area contributed by atoms with Gasteiger partial charge in [0.25, 0.3) is 5.91 Å². The zero-order valence-corrected chi connectivity index (χ0v) is 19.8. The van der Waals surface area contributed by atoms with E-state index in [-0.39, 0.29) is 12.0 Å². The van der Waals surface area contributed by atoms with Crippen molar-refractivity contribution in [2.45, 2.75) is 50.7 Å². The van der Waals surface area contributed by atoms with Crippen molar-refractivity contribution < 1.29 is 14.6 Å². The van der Waals surface area contributed by atoms with Gasteiger partial charge in [-0.15, -0.1) is 11.3 Å². The number of aryl methyl sites for hydroxylation is 1. The highest BCUT2D eigenvalue weighted by atomic mass is 32.1. The maximum absolute atomic E-state index is 12.3. The lowest BCUT2D eigenvalue weighted by atomic mass is 9.95. The van der Waals surface area contributed by atoms with Gasteiger partial charge in [0.05, 0.1) is 23.6 Å². The van der Waals surface area contributed by atoms with Gasteiger partial charge < -0.3 is 20.1 Å². The van der Waals surface area contributed by atoms with E-state index in [4.69, 9.17) is 9.72 Å². The van der Waals surface area contributed by atoms with Crippen LogP contribution in [0.15, 0.2) is 42.5 Å². The molecule has 1 fully saturated rings. The summed E-state index contributed by atoms with van der Waals surface area (Å²) in [6.45, 7) is 0. The van der Waals surface area contributed by atoms with Crippen molar-refractivity contribution >= 4 is 28.1 Å². The summed E-state index contributed by atoms with van der Waals surface area (Å²) in [6.07, 6.45) is 5.78. The molecule has 0 spiro atoms. The number of hydrogen-bond acceptors (Lipinski definition) is 6. The summed E-state index contributed by atoms with van der Waals surface area (Å²) >= 11 is 1.61. The van der Waals surface area contributed by atoms with Gasteiger partial charge in [0.15, 0.2) is 10.9 Å². The number of aromatic nitrogens is 1. The first-order valence-corrected chi connectivity index (χ1v) is 12.4. The number of para-hydroxylation sites is 1. The monoisotopic (exact) mass is 463 g/mol. The minimum absolute atomic E-state index is 0.0159. The quantitative estimate of drug-likeness (QED) is 0.501. The van der Waals surface area contributed by atoms with Crippen LogP contribution in [-0.4, -0.2) is 41.1 Å². The summed E-state index contributed by atoms with van der Waals surface area (Å²) in [4.78, 5) is 19.7. The van der Waals surface area contributed by atoms with Crippen molar-refractivity contribution in [2.24, 2.45) is 0 Å². The van der Waals surface area contributed by atoms with Crippen molar-refractivity contribution in [3.05, 3.63) is 58.6 Å². The molecular weight excluding hydrogens is 434 g/mol. The van der Waals surface area contributed by atoms with Crippen molar-refractivity contribution in [2.75, 3.05) is 19.4 Å². The molecule has 2 N–H and O–H groups in total. The van der Waals surface area contributed by atoms with Crippen LogP contribution < -0.4 is 10.1 Å². The van der Waals surface area contributed by atoms with Gasteiger partial charge in [0.2, 0.25) is 0 Å². The molecule has 1 aromatic heterocycles. The lowest BCUT2D eigenvalue weighted by Gasteiger charge is -2.29. The molecule has 7 heteroatoms. The molecule has 2 aliphatic carbocycles. The summed E-state index contributed by atoms with van der Waals surface area (Å²) in [5, 5.41) is 14.6. The second-order valence-electron chi connectivity index (χ2n) is 8.99. The van der Waals surface area contributed by atoms with Crippen LogP contribution in [0.2, 0.25) is 0 Å². The molecule has 2 aromatic carbocycles. The van der Waals surface area contributed by atoms with E-state index < -0.39 is 6.10 Å². The van der Waals surface area contributed by atoms with E-state index in [1.165, 1.54) is 6.42 Å². The first-order valence-electron chi connectivity index (χ1n) is 11.6. The maximum atomic E-state index is 12.3. The molecule has 1 amide bonds. The van der Waals surface area contributed by atoms with Crippen LogP contribution in [0.3, 0.4) is 0 Å². The fraction of sp³-hybridized carbons (Fsp3) is 0.385. The highest BCUT2D eigenvalue weighted by molar-refractivity contribution is 7.15. The number of thiazole rings is 1. The second kappa shape index (κ2) is 9.15. The lowest BCUT2D eigenvalue weighted by Crippen LogP contribution is -2.25. The predicted molar refractivity (Wildman–Crippen MR) is 131 cm³/mol. The fourth-order valence-corrected chi connectivity index (χ4v) is 5.33. The van der Waals surface area contributed by atoms with Crippen molar-refractivity contribution in [3.8, 4) is 16.9 Å². The molecule has 3 aromatic rings. The summed E-state index contributed by atoms with van der Waals surface area (Å²) in [6, 6.07) is 13.7. The minimum Gasteiger partial charge on any atom is -0.488 e. The van der Waals surface area contributed by atoms with Gasteiger partial charge >= 0.3 is 0 Å². The maximum Gasteiger partial charge on any atom is 0.253 e. The molecule has 2 aliphatic rings. The third kappa shape index (κ3) is 4.48. The molecule has 172 valence electrons. The Hall–Kier alpha value is -2.90. The van der Waals surface area contributed by atoms with Crippen LogP contribution in [0.1, 0.15) is 59.1 Å². The number of aliphatic hydroxyl groups excluding tert-OH is 1. The molecule has 1 saturated carbocycles. The summed E-state index contributed by atoms with van der Waals surface area (Å²) < 4.78 is 6.47. The SMILES string of the molecule is CN(C)C(=O)c1ccc(-c2cccc(Nc3nc4c(s3)CCCC4O)c2OC2CCC2)cc1. The Kier molecular flexibility index (Phi) is 6.08. The number of amides is 1. The lowest BCUT2D eigenvalue weighted by molar-refractivity contribution is 0.0827. The van der Waals surface area contributed by atoms with E-state index >= 15 is 0 Å². The Labute approximate surface area is 198 Å². The summed E-state index contributed by atoms with van der Waals surface area (Å²) in [5.41, 5.74) is 4.32. The van der Waals surface area contributed by atoms with Gasteiger partial charge in [-0.2, -0.15) is 0 Å². The van der Waals surface area contributed by atoms with Crippen LogP contribution >= 0.6 is 11.3 Å². The number of rotatable bonds is 6. The predicted octanol–water partition coefficient (Wildman–Crippen LogP) is 5.56. The Bertz CT molecular complexity index is 1150. The Morgan fingerprint density at radius 2 is 1.91 bits per heavy atom. The Balaban J connectivity index is 1.48. The van der Waals surface area contributed by atoms with Gasteiger partial charge in [-0.3, -0.25) is 4.79 Å². The Morgan fingerprint density at radius 3 is 2.58 bits per heavy atom. The number of hydrogen-bond donors (Lipinski definition) is 2. The molecule has 1 heterocycles. The van der Waals surface area contributed by atoms with Crippen LogP contribution in [0, 0.1) is 0 Å². The van der Waals surface area contributed by atoms with Crippen LogP contribution in [0.25, 0.3) is 11.1 Å². The van der Waals surface area contributed by atoms with Gasteiger partial charge in [0, 0.05) is 30.1 Å². The number of carbonyl (C=O) groups is 1. The first kappa shape index (κ1) is 21.9. The van der Waals surface area contributed by atoms with E-state index in [0.29, 0.717) is 5.56 Å². The molecule has 1 unspecified atom stereocenters. The highest BCUT2D eigenvalue weighted by Crippen LogP contribution is 2.42. The molecule has 1 atom stereocenters. The number of fused-ring (bicyclic) bond motifs is 1. The number of nitrogens with zero attached hydrogens (tertiary/aromatic N) is 2. The van der Waals surface area contributed by atoms with E-state index in [9.17, 15) is 9.90 Å². The normalized spacial score (nSPS) is 17.7. The molecule has 0 aliphatic heterocycles. The molecule has 0 radical (unpaired) electrons. The third-order valence-electron chi connectivity index (χ3n) is 6.37. The molecule has 0 bridgehead atoms. The van der Waals surface area contributed by atoms with Gasteiger partial charge in [-0.25, -0.2) is 4.98 Å². The minimum atomic E-state index is -0.471. The van der Waals surface area contributed by atoms with E-state index in [1.54, 1.807) is 30.3 Å². The second-order valence-corrected chi connectivity index (χ2v) is 10.1. The molecule has 0 saturated heterocycles. The average molecular weight is 464 g/mol. The van der Waals surface area contributed by atoms with Crippen molar-refractivity contribution in [1.82, 2.24) is 9.88 Å². The van der Waals surface area contributed by atoms with E-state index in [0.717, 1.165) is 70.4 Å². The van der Waals surface area contributed by atoms with Gasteiger partial charge in [-0.05, 0) is 62.3 Å². The molecule has 6 nitrogen and oxygen atoms in total. The van der Waals surface area contributed by atoms with Crippen molar-refractivity contribution in [3.63, 3.8) is 0 Å². The number of benzene rings is 2. The zero-order valence-electron chi connectivity index (χ0n) is 19.0. The van der Waals surface area contributed by atoms with Crippen molar-refractivity contribution in [1.29, 1.82) is 0 Å². The third-order valence-corrected chi connectivity index (χ3v) is 7.41. The fourth-order valence-electron chi connectivity index (χ4n) is 4.26. The highest BCUT2D eigenvalue weighted by Gasteiger charge is 2.25. The number of ether oxygens (including phenoxy) is 1. The summed E-state index contributed by atoms with van der Waals surface area (Å²) in [5.74, 6) is 0.792.